The smallest absolute Gasteiger partial charge is 0.295 e. The summed E-state index contributed by atoms with van der Waals surface area (Å²) in [5, 5.41) is 12.1. The Hall–Kier alpha value is -3.77. The van der Waals surface area contributed by atoms with Crippen LogP contribution in [0.1, 0.15) is 49.1 Å². The van der Waals surface area contributed by atoms with E-state index in [9.17, 15) is 14.7 Å². The number of methoxy groups -OCH3 is 2. The number of rotatable bonds is 6. The molecule has 1 aliphatic heterocycles. The largest absolute Gasteiger partial charge is 0.507 e. The van der Waals surface area contributed by atoms with Gasteiger partial charge in [-0.05, 0) is 58.5 Å². The number of ketones is 1. The highest BCUT2D eigenvalue weighted by Gasteiger charge is 2.46. The Bertz CT molecular complexity index is 1350. The Labute approximate surface area is 222 Å². The molecule has 4 rings (SSSR count). The third-order valence-electron chi connectivity index (χ3n) is 6.56. The second-order valence-electron chi connectivity index (χ2n) is 9.99. The normalized spacial score (nSPS) is 17.2. The average molecular weight is 520 g/mol. The molecule has 37 heavy (non-hydrogen) atoms. The van der Waals surface area contributed by atoms with Gasteiger partial charge in [0.05, 0.1) is 31.4 Å². The van der Waals surface area contributed by atoms with Gasteiger partial charge in [0.1, 0.15) is 17.3 Å². The van der Waals surface area contributed by atoms with Crippen LogP contribution in [0.2, 0.25) is 5.02 Å². The quantitative estimate of drug-likeness (QED) is 0.236. The number of carbonyl (C=O) groups excluding carboxylic acids is 2. The third kappa shape index (κ3) is 5.20. The highest BCUT2D eigenvalue weighted by atomic mass is 35.5. The molecule has 0 aromatic heterocycles. The van der Waals surface area contributed by atoms with Gasteiger partial charge in [-0.1, -0.05) is 62.7 Å². The number of Topliss-reactive ketones (excluding diaryl/α,β-unsaturated/α-hetero) is 1. The standard InChI is InChI=1S/C30H30ClNO5/c1-30(2,3)20-10-15-24(37-5)23(16-20)27(33)25-26(19-8-11-21(31)12-9-19)32(29(35)28(25)34)17-18-6-13-22(36-4)14-7-18/h6-16,26,33H,17H2,1-5H3/b27-25+. The molecule has 0 aliphatic carbocycles. The summed E-state index contributed by atoms with van der Waals surface area (Å²) in [6.45, 7) is 6.33. The second-order valence-corrected chi connectivity index (χ2v) is 10.4. The first-order chi connectivity index (χ1) is 17.5. The molecule has 1 N–H and O–H groups in total. The van der Waals surface area contributed by atoms with Gasteiger partial charge in [-0.2, -0.15) is 0 Å². The zero-order valence-electron chi connectivity index (χ0n) is 21.5. The van der Waals surface area contributed by atoms with Crippen molar-refractivity contribution in [1.29, 1.82) is 0 Å². The molecular formula is C30H30ClNO5. The topological polar surface area (TPSA) is 76.1 Å². The summed E-state index contributed by atoms with van der Waals surface area (Å²) in [5.74, 6) is -0.636. The van der Waals surface area contributed by atoms with Crippen molar-refractivity contribution in [1.82, 2.24) is 4.90 Å². The van der Waals surface area contributed by atoms with E-state index in [1.807, 2.05) is 24.3 Å². The van der Waals surface area contributed by atoms with E-state index in [2.05, 4.69) is 20.8 Å². The summed E-state index contributed by atoms with van der Waals surface area (Å²) in [6, 6.07) is 18.9. The molecule has 6 nitrogen and oxygen atoms in total. The molecule has 1 fully saturated rings. The minimum Gasteiger partial charge on any atom is -0.507 e. The van der Waals surface area contributed by atoms with Crippen LogP contribution in [0.25, 0.3) is 5.76 Å². The summed E-state index contributed by atoms with van der Waals surface area (Å²) in [7, 11) is 3.08. The van der Waals surface area contributed by atoms with E-state index in [0.717, 1.165) is 11.1 Å². The van der Waals surface area contributed by atoms with Crippen LogP contribution < -0.4 is 9.47 Å². The van der Waals surface area contributed by atoms with E-state index >= 15 is 0 Å². The minimum absolute atomic E-state index is 0.00481. The van der Waals surface area contributed by atoms with Crippen LogP contribution in [0.5, 0.6) is 11.5 Å². The molecule has 1 aliphatic rings. The maximum atomic E-state index is 13.5. The van der Waals surface area contributed by atoms with E-state index < -0.39 is 17.7 Å². The molecule has 0 spiro atoms. The van der Waals surface area contributed by atoms with Gasteiger partial charge in [0.2, 0.25) is 0 Å². The van der Waals surface area contributed by atoms with Crippen LogP contribution >= 0.6 is 11.6 Å². The molecule has 1 unspecified atom stereocenters. The lowest BCUT2D eigenvalue weighted by atomic mass is 9.85. The fourth-order valence-electron chi connectivity index (χ4n) is 4.47. The van der Waals surface area contributed by atoms with Gasteiger partial charge < -0.3 is 19.5 Å². The van der Waals surface area contributed by atoms with E-state index in [1.54, 1.807) is 49.6 Å². The predicted octanol–water partition coefficient (Wildman–Crippen LogP) is 6.28. The van der Waals surface area contributed by atoms with Gasteiger partial charge in [-0.15, -0.1) is 0 Å². The Morgan fingerprint density at radius 3 is 2.16 bits per heavy atom. The van der Waals surface area contributed by atoms with Gasteiger partial charge in [0, 0.05) is 11.6 Å². The van der Waals surface area contributed by atoms with Gasteiger partial charge in [-0.3, -0.25) is 9.59 Å². The SMILES string of the molecule is COc1ccc(CN2C(=O)C(=O)/C(=C(/O)c3cc(C(C)(C)C)ccc3OC)C2c2ccc(Cl)cc2)cc1. The van der Waals surface area contributed by atoms with E-state index in [4.69, 9.17) is 21.1 Å². The van der Waals surface area contributed by atoms with Crippen molar-refractivity contribution < 1.29 is 24.2 Å². The van der Waals surface area contributed by atoms with Crippen molar-refractivity contribution in [2.45, 2.75) is 38.8 Å². The molecular weight excluding hydrogens is 490 g/mol. The summed E-state index contributed by atoms with van der Waals surface area (Å²) in [5.41, 5.74) is 2.57. The maximum Gasteiger partial charge on any atom is 0.295 e. The second kappa shape index (κ2) is 10.3. The lowest BCUT2D eigenvalue weighted by Crippen LogP contribution is -2.29. The number of aliphatic hydroxyl groups is 1. The van der Waals surface area contributed by atoms with E-state index in [-0.39, 0.29) is 23.3 Å². The van der Waals surface area contributed by atoms with Crippen molar-refractivity contribution in [3.05, 3.63) is 99.6 Å². The van der Waals surface area contributed by atoms with Gasteiger partial charge in [0.15, 0.2) is 0 Å². The van der Waals surface area contributed by atoms with Gasteiger partial charge in [0.25, 0.3) is 11.7 Å². The number of hydrogen-bond donors (Lipinski definition) is 1. The number of carbonyl (C=O) groups is 2. The number of nitrogens with zero attached hydrogens (tertiary/aromatic N) is 1. The lowest BCUT2D eigenvalue weighted by molar-refractivity contribution is -0.140. The fourth-order valence-corrected chi connectivity index (χ4v) is 4.59. The van der Waals surface area contributed by atoms with Crippen LogP contribution in [-0.4, -0.2) is 35.9 Å². The third-order valence-corrected chi connectivity index (χ3v) is 6.81. The minimum atomic E-state index is -0.817. The number of likely N-dealkylation sites (tertiary alicyclic amines) is 1. The first-order valence-electron chi connectivity index (χ1n) is 11.9. The van der Waals surface area contributed by atoms with Gasteiger partial charge in [-0.25, -0.2) is 0 Å². The van der Waals surface area contributed by atoms with Crippen LogP contribution in [0.15, 0.2) is 72.3 Å². The highest BCUT2D eigenvalue weighted by Crippen LogP contribution is 2.42. The van der Waals surface area contributed by atoms with E-state index in [0.29, 0.717) is 27.6 Å². The van der Waals surface area contributed by atoms with Crippen LogP contribution in [-0.2, 0) is 21.5 Å². The van der Waals surface area contributed by atoms with Crippen molar-refractivity contribution >= 4 is 29.1 Å². The zero-order valence-corrected chi connectivity index (χ0v) is 22.3. The fraction of sp³-hybridized carbons (Fsp3) is 0.267. The number of aliphatic hydroxyl groups excluding tert-OH is 1. The molecule has 1 heterocycles. The Morgan fingerprint density at radius 1 is 0.946 bits per heavy atom. The Kier molecular flexibility index (Phi) is 7.32. The summed E-state index contributed by atoms with van der Waals surface area (Å²) >= 11 is 6.13. The Morgan fingerprint density at radius 2 is 1.59 bits per heavy atom. The van der Waals surface area contributed by atoms with Crippen molar-refractivity contribution in [2.24, 2.45) is 0 Å². The average Bonchev–Trinajstić information content (AvgIpc) is 3.13. The van der Waals surface area contributed by atoms with Crippen LogP contribution in [0.3, 0.4) is 0 Å². The molecule has 192 valence electrons. The Balaban J connectivity index is 1.89. The van der Waals surface area contributed by atoms with Crippen LogP contribution in [0, 0.1) is 0 Å². The van der Waals surface area contributed by atoms with Crippen LogP contribution in [0.4, 0.5) is 0 Å². The predicted molar refractivity (Wildman–Crippen MR) is 144 cm³/mol. The number of amides is 1. The number of benzene rings is 3. The van der Waals surface area contributed by atoms with E-state index in [1.165, 1.54) is 12.0 Å². The lowest BCUT2D eigenvalue weighted by Gasteiger charge is -2.26. The maximum absolute atomic E-state index is 13.5. The molecule has 1 saturated heterocycles. The van der Waals surface area contributed by atoms with Crippen molar-refractivity contribution in [3.8, 4) is 11.5 Å². The molecule has 0 saturated carbocycles. The highest BCUT2D eigenvalue weighted by molar-refractivity contribution is 6.46. The first-order valence-corrected chi connectivity index (χ1v) is 12.3. The monoisotopic (exact) mass is 519 g/mol. The van der Waals surface area contributed by atoms with Crippen molar-refractivity contribution in [3.63, 3.8) is 0 Å². The molecule has 3 aromatic carbocycles. The molecule has 1 amide bonds. The molecule has 0 radical (unpaired) electrons. The summed E-state index contributed by atoms with van der Waals surface area (Å²) < 4.78 is 10.8. The molecule has 3 aromatic rings. The number of ether oxygens (including phenoxy) is 2. The summed E-state index contributed by atoms with van der Waals surface area (Å²) in [4.78, 5) is 28.3. The molecule has 7 heteroatoms. The van der Waals surface area contributed by atoms with Gasteiger partial charge >= 0.3 is 0 Å². The molecule has 0 bridgehead atoms. The van der Waals surface area contributed by atoms with Crippen molar-refractivity contribution in [2.75, 3.05) is 14.2 Å². The number of halogens is 1. The zero-order chi connectivity index (χ0) is 26.9. The molecule has 1 atom stereocenters. The first kappa shape index (κ1) is 26.3. The number of hydrogen-bond acceptors (Lipinski definition) is 5. The summed E-state index contributed by atoms with van der Waals surface area (Å²) in [6.07, 6.45) is 0.